The molecule has 1 amide bonds. The van der Waals surface area contributed by atoms with E-state index in [9.17, 15) is 4.79 Å². The SMILES string of the molecule is CNc1nc(NCCC(N)=O)c2cc(C)sc2n1. The molecule has 4 N–H and O–H groups in total. The van der Waals surface area contributed by atoms with Crippen molar-refractivity contribution < 1.29 is 4.79 Å². The number of nitrogens with one attached hydrogen (secondary N) is 2. The van der Waals surface area contributed by atoms with Crippen LogP contribution in [0.4, 0.5) is 11.8 Å². The zero-order valence-electron chi connectivity index (χ0n) is 10.3. The van der Waals surface area contributed by atoms with Gasteiger partial charge in [0.1, 0.15) is 10.6 Å². The largest absolute Gasteiger partial charge is 0.370 e. The quantitative estimate of drug-likeness (QED) is 0.758. The Morgan fingerprint density at radius 2 is 2.28 bits per heavy atom. The van der Waals surface area contributed by atoms with Crippen LogP contribution in [0.5, 0.6) is 0 Å². The molecule has 0 atom stereocenters. The van der Waals surface area contributed by atoms with Crippen molar-refractivity contribution in [1.82, 2.24) is 9.97 Å². The minimum Gasteiger partial charge on any atom is -0.370 e. The standard InChI is InChI=1S/C11H15N5OS/c1-6-5-7-9(14-4-3-8(12)17)15-11(13-2)16-10(7)18-6/h5H,3-4H2,1-2H3,(H2,12,17)(H2,13,14,15,16). The number of thiophene rings is 1. The monoisotopic (exact) mass is 265 g/mol. The van der Waals surface area contributed by atoms with Crippen LogP contribution < -0.4 is 16.4 Å². The number of anilines is 2. The molecule has 18 heavy (non-hydrogen) atoms. The van der Waals surface area contributed by atoms with Crippen LogP contribution in [0.3, 0.4) is 0 Å². The molecule has 2 aromatic rings. The third-order valence-electron chi connectivity index (χ3n) is 2.40. The zero-order chi connectivity index (χ0) is 13.1. The molecule has 6 nitrogen and oxygen atoms in total. The minimum absolute atomic E-state index is 0.281. The second kappa shape index (κ2) is 5.18. The Morgan fingerprint density at radius 3 is 2.94 bits per heavy atom. The number of fused-ring (bicyclic) bond motifs is 1. The summed E-state index contributed by atoms with van der Waals surface area (Å²) < 4.78 is 0. The Morgan fingerprint density at radius 1 is 1.50 bits per heavy atom. The average Bonchev–Trinajstić information content (AvgIpc) is 2.68. The fourth-order valence-electron chi connectivity index (χ4n) is 1.59. The Bertz CT molecular complexity index is 580. The van der Waals surface area contributed by atoms with Gasteiger partial charge in [0.2, 0.25) is 11.9 Å². The van der Waals surface area contributed by atoms with Crippen molar-refractivity contribution in [2.75, 3.05) is 24.2 Å². The predicted molar refractivity (Wildman–Crippen MR) is 74.0 cm³/mol. The lowest BCUT2D eigenvalue weighted by Crippen LogP contribution is -2.16. The number of rotatable bonds is 5. The molecule has 7 heteroatoms. The summed E-state index contributed by atoms with van der Waals surface area (Å²) in [6, 6.07) is 2.03. The number of carbonyl (C=O) groups is 1. The van der Waals surface area contributed by atoms with E-state index in [2.05, 4.69) is 20.6 Å². The highest BCUT2D eigenvalue weighted by Crippen LogP contribution is 2.29. The first-order valence-corrected chi connectivity index (χ1v) is 6.40. The van der Waals surface area contributed by atoms with Crippen LogP contribution in [0.2, 0.25) is 0 Å². The summed E-state index contributed by atoms with van der Waals surface area (Å²) >= 11 is 1.61. The van der Waals surface area contributed by atoms with Gasteiger partial charge in [-0.05, 0) is 13.0 Å². The topological polar surface area (TPSA) is 92.9 Å². The van der Waals surface area contributed by atoms with Gasteiger partial charge in [-0.2, -0.15) is 4.98 Å². The molecule has 2 aromatic heterocycles. The fourth-order valence-corrected chi connectivity index (χ4v) is 2.47. The van der Waals surface area contributed by atoms with Crippen LogP contribution in [0.1, 0.15) is 11.3 Å². The van der Waals surface area contributed by atoms with Crippen molar-refractivity contribution in [1.29, 1.82) is 0 Å². The van der Waals surface area contributed by atoms with E-state index in [0.717, 1.165) is 16.0 Å². The first-order valence-electron chi connectivity index (χ1n) is 5.58. The number of aromatic nitrogens is 2. The van der Waals surface area contributed by atoms with Crippen molar-refractivity contribution in [2.24, 2.45) is 5.73 Å². The summed E-state index contributed by atoms with van der Waals surface area (Å²) in [6.07, 6.45) is 0.281. The third-order valence-corrected chi connectivity index (χ3v) is 3.35. The summed E-state index contributed by atoms with van der Waals surface area (Å²) in [5.74, 6) is 0.962. The highest BCUT2D eigenvalue weighted by molar-refractivity contribution is 7.18. The summed E-state index contributed by atoms with van der Waals surface area (Å²) in [7, 11) is 1.77. The smallest absolute Gasteiger partial charge is 0.225 e. The number of hydrogen-bond donors (Lipinski definition) is 3. The van der Waals surface area contributed by atoms with E-state index in [1.165, 1.54) is 4.88 Å². The predicted octanol–water partition coefficient (Wildman–Crippen LogP) is 1.33. The minimum atomic E-state index is -0.330. The molecule has 0 aliphatic rings. The van der Waals surface area contributed by atoms with E-state index in [0.29, 0.717) is 12.5 Å². The van der Waals surface area contributed by atoms with E-state index in [1.54, 1.807) is 18.4 Å². The van der Waals surface area contributed by atoms with Crippen molar-refractivity contribution in [3.05, 3.63) is 10.9 Å². The van der Waals surface area contributed by atoms with Crippen LogP contribution in [-0.4, -0.2) is 29.5 Å². The van der Waals surface area contributed by atoms with Gasteiger partial charge in [0.15, 0.2) is 0 Å². The van der Waals surface area contributed by atoms with Crippen molar-refractivity contribution >= 4 is 39.2 Å². The van der Waals surface area contributed by atoms with Crippen molar-refractivity contribution in [3.63, 3.8) is 0 Å². The van der Waals surface area contributed by atoms with Crippen LogP contribution in [0.15, 0.2) is 6.07 Å². The number of hydrogen-bond acceptors (Lipinski definition) is 6. The lowest BCUT2D eigenvalue weighted by molar-refractivity contribution is -0.117. The summed E-state index contributed by atoms with van der Waals surface area (Å²) in [4.78, 5) is 21.5. The van der Waals surface area contributed by atoms with E-state index < -0.39 is 0 Å². The van der Waals surface area contributed by atoms with Gasteiger partial charge < -0.3 is 16.4 Å². The van der Waals surface area contributed by atoms with E-state index in [4.69, 9.17) is 5.73 Å². The molecule has 0 saturated heterocycles. The van der Waals surface area contributed by atoms with Gasteiger partial charge >= 0.3 is 0 Å². The second-order valence-corrected chi connectivity index (χ2v) is 5.10. The fraction of sp³-hybridized carbons (Fsp3) is 0.364. The molecule has 0 fully saturated rings. The molecule has 0 aliphatic heterocycles. The number of nitrogens with two attached hydrogens (primary N) is 1. The number of primary amides is 1. The molecule has 0 aromatic carbocycles. The Hall–Kier alpha value is -1.89. The lowest BCUT2D eigenvalue weighted by Gasteiger charge is -2.07. The van der Waals surface area contributed by atoms with Gasteiger partial charge in [0.25, 0.3) is 0 Å². The second-order valence-electron chi connectivity index (χ2n) is 3.86. The Kier molecular flexibility index (Phi) is 3.61. The molecule has 96 valence electrons. The van der Waals surface area contributed by atoms with Gasteiger partial charge in [0.05, 0.1) is 5.39 Å². The summed E-state index contributed by atoms with van der Waals surface area (Å²) in [6.45, 7) is 2.50. The van der Waals surface area contributed by atoms with Gasteiger partial charge in [-0.3, -0.25) is 4.79 Å². The maximum Gasteiger partial charge on any atom is 0.225 e. The van der Waals surface area contributed by atoms with Crippen molar-refractivity contribution in [3.8, 4) is 0 Å². The first-order chi connectivity index (χ1) is 8.60. The summed E-state index contributed by atoms with van der Waals surface area (Å²) in [5.41, 5.74) is 5.11. The van der Waals surface area contributed by atoms with Crippen LogP contribution in [0.25, 0.3) is 10.2 Å². The van der Waals surface area contributed by atoms with Crippen LogP contribution >= 0.6 is 11.3 Å². The highest BCUT2D eigenvalue weighted by atomic mass is 32.1. The Labute approximate surface area is 109 Å². The normalized spacial score (nSPS) is 10.6. The number of amides is 1. The van der Waals surface area contributed by atoms with Crippen molar-refractivity contribution in [2.45, 2.75) is 13.3 Å². The lowest BCUT2D eigenvalue weighted by atomic mass is 10.3. The Balaban J connectivity index is 2.31. The molecule has 0 unspecified atom stereocenters. The van der Waals surface area contributed by atoms with Crippen LogP contribution in [0, 0.1) is 6.92 Å². The van der Waals surface area contributed by atoms with E-state index >= 15 is 0 Å². The van der Waals surface area contributed by atoms with Gasteiger partial charge in [0, 0.05) is 24.9 Å². The molecule has 2 rings (SSSR count). The van der Waals surface area contributed by atoms with Gasteiger partial charge in [-0.25, -0.2) is 4.98 Å². The number of carbonyl (C=O) groups excluding carboxylic acids is 1. The molecular weight excluding hydrogens is 250 g/mol. The number of nitrogens with zero attached hydrogens (tertiary/aromatic N) is 2. The van der Waals surface area contributed by atoms with Crippen LogP contribution in [-0.2, 0) is 4.79 Å². The maximum absolute atomic E-state index is 10.7. The maximum atomic E-state index is 10.7. The van der Waals surface area contributed by atoms with E-state index in [-0.39, 0.29) is 12.3 Å². The number of aryl methyl sites for hydroxylation is 1. The molecule has 0 bridgehead atoms. The zero-order valence-corrected chi connectivity index (χ0v) is 11.1. The van der Waals surface area contributed by atoms with E-state index in [1.807, 2.05) is 13.0 Å². The van der Waals surface area contributed by atoms with Gasteiger partial charge in [-0.1, -0.05) is 0 Å². The molecule has 2 heterocycles. The average molecular weight is 265 g/mol. The molecule has 0 radical (unpaired) electrons. The molecular formula is C11H15N5OS. The molecule has 0 saturated carbocycles. The molecule has 0 aliphatic carbocycles. The first kappa shape index (κ1) is 12.6. The molecule has 0 spiro atoms. The van der Waals surface area contributed by atoms with Gasteiger partial charge in [-0.15, -0.1) is 11.3 Å². The summed E-state index contributed by atoms with van der Waals surface area (Å²) in [5, 5.41) is 7.02. The third kappa shape index (κ3) is 2.67. The highest BCUT2D eigenvalue weighted by Gasteiger charge is 2.09.